The van der Waals surface area contributed by atoms with Crippen LogP contribution in [-0.2, 0) is 20.7 Å². The number of carbonyl (C=O) groups is 2. The number of fused-ring (bicyclic) bond motifs is 2. The third kappa shape index (κ3) is 4.20. The number of esters is 1. The summed E-state index contributed by atoms with van der Waals surface area (Å²) in [5.41, 5.74) is 1.16. The van der Waals surface area contributed by atoms with Crippen LogP contribution in [0.25, 0.3) is 4.96 Å². The number of hydrogen-bond acceptors (Lipinski definition) is 7. The molecule has 1 N–H and O–H groups in total. The van der Waals surface area contributed by atoms with Crippen LogP contribution in [0.5, 0.6) is 11.5 Å². The number of thiazole rings is 1. The van der Waals surface area contributed by atoms with Crippen LogP contribution in [-0.4, -0.2) is 41.1 Å². The topological polar surface area (TPSA) is 91.2 Å². The molecule has 0 saturated carbocycles. The van der Waals surface area contributed by atoms with Gasteiger partial charge < -0.3 is 19.5 Å². The van der Waals surface area contributed by atoms with Gasteiger partial charge in [0.25, 0.3) is 5.91 Å². The predicted molar refractivity (Wildman–Crippen MR) is 98.4 cm³/mol. The zero-order valence-electron chi connectivity index (χ0n) is 14.3. The molecule has 0 saturated heterocycles. The largest absolute Gasteiger partial charge is 0.490 e. The lowest BCUT2D eigenvalue weighted by Crippen LogP contribution is -2.21. The second-order valence-electron chi connectivity index (χ2n) is 5.92. The molecule has 2 aromatic heterocycles. The maximum absolute atomic E-state index is 12.0. The van der Waals surface area contributed by atoms with Gasteiger partial charge in [0, 0.05) is 35.9 Å². The van der Waals surface area contributed by atoms with E-state index in [9.17, 15) is 9.59 Å². The van der Waals surface area contributed by atoms with Crippen molar-refractivity contribution in [3.8, 4) is 11.5 Å². The van der Waals surface area contributed by atoms with E-state index in [4.69, 9.17) is 14.2 Å². The first-order valence-corrected chi connectivity index (χ1v) is 9.31. The minimum absolute atomic E-state index is 0.0195. The molecule has 0 aliphatic carbocycles. The molecule has 1 aliphatic heterocycles. The van der Waals surface area contributed by atoms with E-state index in [0.29, 0.717) is 36.1 Å². The zero-order valence-corrected chi connectivity index (χ0v) is 15.2. The summed E-state index contributed by atoms with van der Waals surface area (Å²) in [4.78, 5) is 29.1. The van der Waals surface area contributed by atoms with Gasteiger partial charge in [-0.3, -0.25) is 14.0 Å². The van der Waals surface area contributed by atoms with Crippen molar-refractivity contribution < 1.29 is 23.8 Å². The third-order valence-corrected chi connectivity index (χ3v) is 4.63. The van der Waals surface area contributed by atoms with E-state index >= 15 is 0 Å². The molecule has 4 rings (SSSR count). The Bertz CT molecular complexity index is 952. The molecule has 3 aromatic rings. The number of hydrogen-bond donors (Lipinski definition) is 1. The molecule has 27 heavy (non-hydrogen) atoms. The molecule has 0 fully saturated rings. The van der Waals surface area contributed by atoms with Gasteiger partial charge in [-0.25, -0.2) is 4.98 Å². The lowest BCUT2D eigenvalue weighted by atomic mass is 10.2. The summed E-state index contributed by atoms with van der Waals surface area (Å²) >= 11 is 1.48. The number of ether oxygens (including phenoxy) is 3. The monoisotopic (exact) mass is 387 g/mol. The van der Waals surface area contributed by atoms with Gasteiger partial charge in [-0.2, -0.15) is 0 Å². The van der Waals surface area contributed by atoms with Gasteiger partial charge in [0.1, 0.15) is 0 Å². The Balaban J connectivity index is 1.28. The van der Waals surface area contributed by atoms with Crippen molar-refractivity contribution in [3.05, 3.63) is 41.7 Å². The molecule has 8 nitrogen and oxygen atoms in total. The van der Waals surface area contributed by atoms with Crippen LogP contribution >= 0.6 is 11.3 Å². The number of carbonyl (C=O) groups excluding carboxylic acids is 2. The fraction of sp³-hybridized carbons (Fsp3) is 0.278. The van der Waals surface area contributed by atoms with E-state index < -0.39 is 11.9 Å². The van der Waals surface area contributed by atoms with Gasteiger partial charge >= 0.3 is 5.97 Å². The summed E-state index contributed by atoms with van der Waals surface area (Å²) in [5, 5.41) is 4.59. The Morgan fingerprint density at radius 3 is 2.96 bits per heavy atom. The molecule has 0 radical (unpaired) electrons. The molecule has 0 spiro atoms. The van der Waals surface area contributed by atoms with Crippen LogP contribution in [0.4, 0.5) is 5.69 Å². The molecular weight excluding hydrogens is 370 g/mol. The van der Waals surface area contributed by atoms with Crippen LogP contribution < -0.4 is 14.8 Å². The molecular formula is C18H17N3O5S. The molecule has 1 amide bonds. The molecule has 140 valence electrons. The van der Waals surface area contributed by atoms with Crippen LogP contribution in [0.3, 0.4) is 0 Å². The van der Waals surface area contributed by atoms with Gasteiger partial charge in [0.2, 0.25) is 0 Å². The lowest BCUT2D eigenvalue weighted by Gasteiger charge is -2.10. The Morgan fingerprint density at radius 1 is 1.26 bits per heavy atom. The smallest absolute Gasteiger partial charge is 0.312 e. The first kappa shape index (κ1) is 17.3. The van der Waals surface area contributed by atoms with Crippen molar-refractivity contribution in [3.63, 3.8) is 0 Å². The van der Waals surface area contributed by atoms with Crippen LogP contribution in [0.15, 0.2) is 36.0 Å². The average Bonchev–Trinajstić information content (AvgIpc) is 3.14. The molecule has 0 unspecified atom stereocenters. The van der Waals surface area contributed by atoms with Crippen molar-refractivity contribution in [2.75, 3.05) is 25.1 Å². The first-order chi connectivity index (χ1) is 13.2. The molecule has 0 atom stereocenters. The van der Waals surface area contributed by atoms with Gasteiger partial charge in [0.05, 0.1) is 25.3 Å². The van der Waals surface area contributed by atoms with Gasteiger partial charge in [-0.05, 0) is 12.1 Å². The van der Waals surface area contributed by atoms with E-state index in [1.807, 2.05) is 16.0 Å². The summed E-state index contributed by atoms with van der Waals surface area (Å²) in [5.74, 6) is 0.303. The van der Waals surface area contributed by atoms with E-state index in [1.165, 1.54) is 11.3 Å². The summed E-state index contributed by atoms with van der Waals surface area (Å²) in [6, 6.07) is 5.15. The lowest BCUT2D eigenvalue weighted by molar-refractivity contribution is -0.146. The van der Waals surface area contributed by atoms with E-state index in [2.05, 4.69) is 10.3 Å². The number of nitrogens with zero attached hydrogens (tertiary/aromatic N) is 2. The quantitative estimate of drug-likeness (QED) is 0.676. The predicted octanol–water partition coefficient (Wildman–Crippen LogP) is 2.28. The second kappa shape index (κ2) is 7.67. The fourth-order valence-corrected chi connectivity index (χ4v) is 3.36. The van der Waals surface area contributed by atoms with Crippen LogP contribution in [0, 0.1) is 0 Å². The Labute approximate surface area is 158 Å². The number of nitrogens with one attached hydrogen (secondary N) is 1. The van der Waals surface area contributed by atoms with Gasteiger partial charge in [0.15, 0.2) is 23.1 Å². The van der Waals surface area contributed by atoms with Crippen molar-refractivity contribution in [2.24, 2.45) is 0 Å². The van der Waals surface area contributed by atoms with Crippen LogP contribution in [0.2, 0.25) is 0 Å². The Morgan fingerprint density at radius 2 is 2.11 bits per heavy atom. The zero-order chi connectivity index (χ0) is 18.6. The molecule has 1 aromatic carbocycles. The Hall–Kier alpha value is -3.07. The number of amides is 1. The molecule has 9 heteroatoms. The molecule has 0 bridgehead atoms. The number of anilines is 1. The standard InChI is InChI=1S/C18H17N3O5S/c22-16(19-12-2-3-14-15(8-12)25-6-1-5-24-14)11-26-17(23)9-13-10-21-4-7-27-18(21)20-13/h2-4,7-8,10H,1,5-6,9,11H2,(H,19,22). The van der Waals surface area contributed by atoms with Gasteiger partial charge in [-0.1, -0.05) is 0 Å². The molecule has 1 aliphatic rings. The highest BCUT2D eigenvalue weighted by molar-refractivity contribution is 7.15. The summed E-state index contributed by atoms with van der Waals surface area (Å²) < 4.78 is 18.0. The summed E-state index contributed by atoms with van der Waals surface area (Å²) in [6.45, 7) is 0.798. The minimum atomic E-state index is -0.505. The maximum atomic E-state index is 12.0. The maximum Gasteiger partial charge on any atom is 0.312 e. The number of imidazole rings is 1. The van der Waals surface area contributed by atoms with Gasteiger partial charge in [-0.15, -0.1) is 11.3 Å². The van der Waals surface area contributed by atoms with E-state index in [0.717, 1.165) is 11.4 Å². The highest BCUT2D eigenvalue weighted by Gasteiger charge is 2.14. The summed E-state index contributed by atoms with van der Waals surface area (Å²) in [6.07, 6.45) is 4.46. The summed E-state index contributed by atoms with van der Waals surface area (Å²) in [7, 11) is 0. The normalized spacial score (nSPS) is 13.2. The SMILES string of the molecule is O=C(COC(=O)Cc1cn2ccsc2n1)Nc1ccc2c(c1)OCCCO2. The minimum Gasteiger partial charge on any atom is -0.490 e. The Kier molecular flexibility index (Phi) is 4.93. The number of rotatable bonds is 5. The fourth-order valence-electron chi connectivity index (χ4n) is 2.64. The van der Waals surface area contributed by atoms with E-state index in [-0.39, 0.29) is 13.0 Å². The number of benzene rings is 1. The highest BCUT2D eigenvalue weighted by Crippen LogP contribution is 2.32. The van der Waals surface area contributed by atoms with Crippen molar-refractivity contribution >= 4 is 33.9 Å². The van der Waals surface area contributed by atoms with Crippen molar-refractivity contribution in [1.29, 1.82) is 0 Å². The average molecular weight is 387 g/mol. The van der Waals surface area contributed by atoms with Crippen molar-refractivity contribution in [1.82, 2.24) is 9.38 Å². The molecule has 3 heterocycles. The van der Waals surface area contributed by atoms with E-state index in [1.54, 1.807) is 24.4 Å². The number of aromatic nitrogens is 2. The van der Waals surface area contributed by atoms with Crippen LogP contribution in [0.1, 0.15) is 12.1 Å². The third-order valence-electron chi connectivity index (χ3n) is 3.86. The highest BCUT2D eigenvalue weighted by atomic mass is 32.1. The van der Waals surface area contributed by atoms with Crippen molar-refractivity contribution in [2.45, 2.75) is 12.8 Å². The first-order valence-electron chi connectivity index (χ1n) is 8.43. The second-order valence-corrected chi connectivity index (χ2v) is 6.80.